The molecule has 2 saturated carbocycles. The van der Waals surface area contributed by atoms with Gasteiger partial charge in [-0.1, -0.05) is 11.6 Å². The van der Waals surface area contributed by atoms with Crippen LogP contribution in [0.1, 0.15) is 25.7 Å². The molecule has 3 rings (SSSR count). The normalized spacial score (nSPS) is 18.1. The number of rotatable bonds is 6. The fraction of sp³-hybridized carbons (Fsp3) is 0.533. The molecule has 1 N–H and O–H groups in total. The minimum atomic E-state index is -0.422. The highest BCUT2D eigenvalue weighted by atomic mass is 35.5. The predicted molar refractivity (Wildman–Crippen MR) is 74.3 cm³/mol. The number of benzene rings is 1. The van der Waals surface area contributed by atoms with Gasteiger partial charge < -0.3 is 10.1 Å². The molecule has 0 bridgehead atoms. The maximum atomic E-state index is 12.9. The van der Waals surface area contributed by atoms with Gasteiger partial charge in [-0.3, -0.25) is 4.79 Å². The highest BCUT2D eigenvalue weighted by molar-refractivity contribution is 6.32. The lowest BCUT2D eigenvalue weighted by atomic mass is 10.1. The van der Waals surface area contributed by atoms with E-state index in [-0.39, 0.29) is 17.5 Å². The van der Waals surface area contributed by atoms with Gasteiger partial charge in [0.1, 0.15) is 11.6 Å². The summed E-state index contributed by atoms with van der Waals surface area (Å²) in [5.74, 6) is 1.09. The van der Waals surface area contributed by atoms with Crippen molar-refractivity contribution in [3.63, 3.8) is 0 Å². The Hall–Kier alpha value is -1.29. The summed E-state index contributed by atoms with van der Waals surface area (Å²) in [6.07, 6.45) is 4.86. The number of amides is 1. The van der Waals surface area contributed by atoms with E-state index in [2.05, 4.69) is 5.32 Å². The average molecular weight is 298 g/mol. The van der Waals surface area contributed by atoms with Crippen LogP contribution < -0.4 is 10.1 Å². The summed E-state index contributed by atoms with van der Waals surface area (Å²) in [7, 11) is 0. The van der Waals surface area contributed by atoms with Crippen molar-refractivity contribution in [3.05, 3.63) is 29.0 Å². The lowest BCUT2D eigenvalue weighted by Crippen LogP contribution is -2.40. The summed E-state index contributed by atoms with van der Waals surface area (Å²) in [6, 6.07) is 4.18. The van der Waals surface area contributed by atoms with E-state index in [1.165, 1.54) is 43.9 Å². The van der Waals surface area contributed by atoms with Crippen LogP contribution in [0.2, 0.25) is 5.02 Å². The second-order valence-electron chi connectivity index (χ2n) is 5.63. The van der Waals surface area contributed by atoms with Gasteiger partial charge in [0.2, 0.25) is 0 Å². The molecule has 0 aliphatic heterocycles. The van der Waals surface area contributed by atoms with Crippen molar-refractivity contribution in [2.45, 2.75) is 31.7 Å². The van der Waals surface area contributed by atoms with Crippen LogP contribution in [0.15, 0.2) is 18.2 Å². The summed E-state index contributed by atoms with van der Waals surface area (Å²) in [5.41, 5.74) is 0. The molecule has 1 aromatic carbocycles. The van der Waals surface area contributed by atoms with Crippen LogP contribution >= 0.6 is 11.6 Å². The second-order valence-corrected chi connectivity index (χ2v) is 6.04. The van der Waals surface area contributed by atoms with Crippen LogP contribution in [0.5, 0.6) is 5.75 Å². The lowest BCUT2D eigenvalue weighted by Gasteiger charge is -2.17. The zero-order chi connectivity index (χ0) is 14.1. The van der Waals surface area contributed by atoms with Crippen molar-refractivity contribution in [2.24, 2.45) is 11.8 Å². The van der Waals surface area contributed by atoms with Gasteiger partial charge in [-0.2, -0.15) is 0 Å². The number of nitrogens with one attached hydrogen (secondary N) is 1. The van der Waals surface area contributed by atoms with E-state index in [1.54, 1.807) is 0 Å². The third kappa shape index (κ3) is 3.42. The first-order chi connectivity index (χ1) is 9.63. The Balaban J connectivity index is 1.51. The molecule has 2 fully saturated rings. The fourth-order valence-electron chi connectivity index (χ4n) is 2.49. The van der Waals surface area contributed by atoms with E-state index in [1.807, 2.05) is 0 Å². The van der Waals surface area contributed by atoms with Gasteiger partial charge in [-0.15, -0.1) is 0 Å². The van der Waals surface area contributed by atoms with Gasteiger partial charge in [0.15, 0.2) is 6.61 Å². The minimum absolute atomic E-state index is 0.0821. The van der Waals surface area contributed by atoms with Crippen molar-refractivity contribution < 1.29 is 13.9 Å². The molecule has 2 aliphatic rings. The molecule has 0 radical (unpaired) electrons. The van der Waals surface area contributed by atoms with E-state index in [0.29, 0.717) is 23.6 Å². The molecule has 108 valence electrons. The third-order valence-electron chi connectivity index (χ3n) is 3.84. The first-order valence-electron chi connectivity index (χ1n) is 7.00. The van der Waals surface area contributed by atoms with Crippen LogP contribution in [0.4, 0.5) is 4.39 Å². The molecular weight excluding hydrogens is 281 g/mol. The summed E-state index contributed by atoms with van der Waals surface area (Å²) in [6.45, 7) is -0.0821. The van der Waals surface area contributed by atoms with Gasteiger partial charge >= 0.3 is 0 Å². The summed E-state index contributed by atoms with van der Waals surface area (Å²) < 4.78 is 18.2. The maximum Gasteiger partial charge on any atom is 0.258 e. The first kappa shape index (κ1) is 13.7. The van der Waals surface area contributed by atoms with E-state index < -0.39 is 5.82 Å². The van der Waals surface area contributed by atoms with Gasteiger partial charge in [-0.05, 0) is 55.7 Å². The van der Waals surface area contributed by atoms with Crippen LogP contribution in [-0.2, 0) is 4.79 Å². The monoisotopic (exact) mass is 297 g/mol. The standard InChI is InChI=1S/C15H17ClFNO2/c16-12-7-11(17)5-6-13(12)20-8-14(19)18-15(9-1-2-9)10-3-4-10/h5-7,9-10,15H,1-4,8H2,(H,18,19). The van der Waals surface area contributed by atoms with Crippen LogP contribution in [0.25, 0.3) is 0 Å². The Morgan fingerprint density at radius 1 is 1.35 bits per heavy atom. The zero-order valence-corrected chi connectivity index (χ0v) is 11.8. The molecule has 0 saturated heterocycles. The molecule has 0 aromatic heterocycles. The topological polar surface area (TPSA) is 38.3 Å². The average Bonchev–Trinajstić information content (AvgIpc) is 3.28. The SMILES string of the molecule is O=C(COc1ccc(F)cc1Cl)NC(C1CC1)C1CC1. The Labute approximate surface area is 122 Å². The Morgan fingerprint density at radius 3 is 2.55 bits per heavy atom. The maximum absolute atomic E-state index is 12.9. The van der Waals surface area contributed by atoms with Gasteiger partial charge in [0.05, 0.1) is 5.02 Å². The molecule has 0 atom stereocenters. The first-order valence-corrected chi connectivity index (χ1v) is 7.38. The van der Waals surface area contributed by atoms with Crippen LogP contribution in [-0.4, -0.2) is 18.6 Å². The Kier molecular flexibility index (Phi) is 3.83. The molecule has 5 heteroatoms. The Morgan fingerprint density at radius 2 is 2.00 bits per heavy atom. The molecular formula is C15H17ClFNO2. The number of halogens is 2. The van der Waals surface area contributed by atoms with E-state index in [0.717, 1.165) is 0 Å². The smallest absolute Gasteiger partial charge is 0.258 e. The molecule has 20 heavy (non-hydrogen) atoms. The van der Waals surface area contributed by atoms with E-state index >= 15 is 0 Å². The lowest BCUT2D eigenvalue weighted by molar-refractivity contribution is -0.124. The molecule has 0 heterocycles. The van der Waals surface area contributed by atoms with Crippen LogP contribution in [0.3, 0.4) is 0 Å². The van der Waals surface area contributed by atoms with Crippen molar-refractivity contribution in [1.29, 1.82) is 0 Å². The second kappa shape index (κ2) is 5.60. The van der Waals surface area contributed by atoms with Gasteiger partial charge in [0.25, 0.3) is 5.91 Å². The number of carbonyl (C=O) groups is 1. The molecule has 0 spiro atoms. The zero-order valence-electron chi connectivity index (χ0n) is 11.1. The van der Waals surface area contributed by atoms with E-state index in [4.69, 9.17) is 16.3 Å². The molecule has 2 aliphatic carbocycles. The third-order valence-corrected chi connectivity index (χ3v) is 4.14. The molecule has 1 aromatic rings. The quantitative estimate of drug-likeness (QED) is 0.876. The number of hydrogen-bond donors (Lipinski definition) is 1. The van der Waals surface area contributed by atoms with Crippen molar-refractivity contribution >= 4 is 17.5 Å². The summed E-state index contributed by atoms with van der Waals surface area (Å²) in [5, 5.41) is 3.24. The molecule has 1 amide bonds. The highest BCUT2D eigenvalue weighted by Gasteiger charge is 2.42. The molecule has 3 nitrogen and oxygen atoms in total. The minimum Gasteiger partial charge on any atom is -0.482 e. The van der Waals surface area contributed by atoms with Gasteiger partial charge in [0, 0.05) is 6.04 Å². The van der Waals surface area contributed by atoms with Gasteiger partial charge in [-0.25, -0.2) is 4.39 Å². The predicted octanol–water partition coefficient (Wildman–Crippen LogP) is 3.16. The van der Waals surface area contributed by atoms with Crippen molar-refractivity contribution in [1.82, 2.24) is 5.32 Å². The van der Waals surface area contributed by atoms with Crippen molar-refractivity contribution in [3.8, 4) is 5.75 Å². The number of ether oxygens (including phenoxy) is 1. The Bertz CT molecular complexity index is 503. The number of hydrogen-bond acceptors (Lipinski definition) is 2. The van der Waals surface area contributed by atoms with Crippen LogP contribution in [0, 0.1) is 17.7 Å². The summed E-state index contributed by atoms with van der Waals surface area (Å²) >= 11 is 5.84. The fourth-order valence-corrected chi connectivity index (χ4v) is 2.72. The number of carbonyl (C=O) groups excluding carboxylic acids is 1. The highest BCUT2D eigenvalue weighted by Crippen LogP contribution is 2.44. The van der Waals surface area contributed by atoms with Crippen molar-refractivity contribution in [2.75, 3.05) is 6.61 Å². The largest absolute Gasteiger partial charge is 0.482 e. The molecule has 0 unspecified atom stereocenters. The summed E-state index contributed by atoms with van der Waals surface area (Å²) in [4.78, 5) is 11.9. The van der Waals surface area contributed by atoms with E-state index in [9.17, 15) is 9.18 Å².